The molecule has 82 valence electrons. The van der Waals surface area contributed by atoms with Crippen LogP contribution in [0.2, 0.25) is 0 Å². The maximum absolute atomic E-state index is 11.7. The lowest BCUT2D eigenvalue weighted by atomic mass is 10.1. The molecule has 0 N–H and O–H groups in total. The smallest absolute Gasteiger partial charge is 0.339 e. The Balaban J connectivity index is 2.38. The number of hydrogen-bond donors (Lipinski definition) is 0. The number of ether oxygens (including phenoxy) is 1. The fraction of sp³-hybridized carbons (Fsp3) is 0.100. The van der Waals surface area contributed by atoms with E-state index in [0.29, 0.717) is 12.2 Å². The predicted octanol–water partition coefficient (Wildman–Crippen LogP) is 4.67. The van der Waals surface area contributed by atoms with Crippen LogP contribution in [-0.2, 0) is 11.3 Å². The van der Waals surface area contributed by atoms with E-state index in [9.17, 15) is 4.79 Å². The third-order valence-corrected chi connectivity index (χ3v) is 5.89. The van der Waals surface area contributed by atoms with E-state index in [1.807, 2.05) is 10.8 Å². The van der Waals surface area contributed by atoms with Crippen LogP contribution in [0.1, 0.15) is 15.9 Å². The molecular weight excluding hydrogens is 376 g/mol. The Kier molecular flexibility index (Phi) is 2.70. The first-order valence-electron chi connectivity index (χ1n) is 4.39. The maximum atomic E-state index is 11.7. The Morgan fingerprint density at radius 3 is 2.62 bits per heavy atom. The van der Waals surface area contributed by atoms with Gasteiger partial charge in [0.1, 0.15) is 6.61 Å². The second kappa shape index (κ2) is 3.94. The number of fused-ring (bicyclic) bond motifs is 3. The third-order valence-electron chi connectivity index (χ3n) is 2.40. The lowest BCUT2D eigenvalue weighted by molar-refractivity contribution is 0.0480. The topological polar surface area (TPSA) is 26.3 Å². The largest absolute Gasteiger partial charge is 0.457 e. The van der Waals surface area contributed by atoms with Crippen LogP contribution < -0.4 is 0 Å². The van der Waals surface area contributed by atoms with E-state index in [0.717, 1.165) is 24.3 Å². The predicted molar refractivity (Wildman–Crippen MR) is 72.2 cm³/mol. The molecule has 0 aliphatic carbocycles. The summed E-state index contributed by atoms with van der Waals surface area (Å²) in [6.45, 7) is 0.349. The number of carbonyl (C=O) groups excluding carboxylic acids is 1. The van der Waals surface area contributed by atoms with Crippen molar-refractivity contribution >= 4 is 60.5 Å². The van der Waals surface area contributed by atoms with Crippen LogP contribution in [0.25, 0.3) is 11.1 Å². The summed E-state index contributed by atoms with van der Waals surface area (Å²) in [5, 5.41) is 3.85. The molecule has 1 aliphatic heterocycles. The lowest BCUT2D eigenvalue weighted by Crippen LogP contribution is -2.01. The van der Waals surface area contributed by atoms with Gasteiger partial charge in [-0.15, -0.1) is 22.7 Å². The van der Waals surface area contributed by atoms with Gasteiger partial charge < -0.3 is 4.74 Å². The van der Waals surface area contributed by atoms with Crippen LogP contribution in [0.15, 0.2) is 18.3 Å². The molecule has 1 aliphatic rings. The molecule has 0 atom stereocenters. The summed E-state index contributed by atoms with van der Waals surface area (Å²) >= 11 is 10.2. The average Bonchev–Trinajstić information content (AvgIpc) is 2.75. The first-order chi connectivity index (χ1) is 7.68. The van der Waals surface area contributed by atoms with E-state index in [1.165, 1.54) is 11.3 Å². The zero-order chi connectivity index (χ0) is 11.3. The molecule has 0 spiro atoms. The highest BCUT2D eigenvalue weighted by atomic mass is 79.9. The van der Waals surface area contributed by atoms with Crippen molar-refractivity contribution in [2.75, 3.05) is 0 Å². The summed E-state index contributed by atoms with van der Waals surface area (Å²) in [5.74, 6) is -0.245. The number of esters is 1. The molecule has 6 heteroatoms. The van der Waals surface area contributed by atoms with Crippen LogP contribution in [0.4, 0.5) is 0 Å². The minimum absolute atomic E-state index is 0.245. The molecule has 0 fully saturated rings. The van der Waals surface area contributed by atoms with Crippen molar-refractivity contribution < 1.29 is 9.53 Å². The van der Waals surface area contributed by atoms with Gasteiger partial charge in [-0.2, -0.15) is 0 Å². The summed E-state index contributed by atoms with van der Waals surface area (Å²) < 4.78 is 7.23. The normalized spacial score (nSPS) is 14.0. The van der Waals surface area contributed by atoms with E-state index >= 15 is 0 Å². The Labute approximate surface area is 117 Å². The quantitative estimate of drug-likeness (QED) is 0.621. The Hall–Kier alpha value is -0.170. The monoisotopic (exact) mass is 378 g/mol. The van der Waals surface area contributed by atoms with E-state index in [2.05, 4.69) is 31.9 Å². The van der Waals surface area contributed by atoms with Gasteiger partial charge in [0.15, 0.2) is 0 Å². The number of hydrogen-bond acceptors (Lipinski definition) is 4. The van der Waals surface area contributed by atoms with Gasteiger partial charge in [0.25, 0.3) is 0 Å². The van der Waals surface area contributed by atoms with Gasteiger partial charge in [-0.05, 0) is 37.2 Å². The van der Waals surface area contributed by atoms with Gasteiger partial charge in [0.05, 0.1) is 13.1 Å². The molecular formula is C10H4Br2O2S2. The fourth-order valence-electron chi connectivity index (χ4n) is 1.67. The van der Waals surface area contributed by atoms with Crippen molar-refractivity contribution in [1.29, 1.82) is 0 Å². The van der Waals surface area contributed by atoms with Gasteiger partial charge >= 0.3 is 5.97 Å². The molecule has 0 aromatic carbocycles. The molecule has 0 unspecified atom stereocenters. The van der Waals surface area contributed by atoms with E-state index < -0.39 is 0 Å². The van der Waals surface area contributed by atoms with Crippen LogP contribution in [0.3, 0.4) is 0 Å². The van der Waals surface area contributed by atoms with E-state index in [1.54, 1.807) is 11.3 Å². The van der Waals surface area contributed by atoms with Gasteiger partial charge in [0.2, 0.25) is 0 Å². The van der Waals surface area contributed by atoms with Crippen molar-refractivity contribution in [3.8, 4) is 11.1 Å². The van der Waals surface area contributed by atoms with Gasteiger partial charge in [-0.3, -0.25) is 0 Å². The van der Waals surface area contributed by atoms with Crippen LogP contribution >= 0.6 is 54.5 Å². The first-order valence-corrected chi connectivity index (χ1v) is 7.73. The molecule has 3 heterocycles. The van der Waals surface area contributed by atoms with Crippen molar-refractivity contribution in [3.05, 3.63) is 29.5 Å². The zero-order valence-electron chi connectivity index (χ0n) is 7.75. The van der Waals surface area contributed by atoms with Gasteiger partial charge in [-0.1, -0.05) is 0 Å². The average molecular weight is 380 g/mol. The van der Waals surface area contributed by atoms with Gasteiger partial charge in [0, 0.05) is 22.1 Å². The third kappa shape index (κ3) is 1.51. The summed E-state index contributed by atoms with van der Waals surface area (Å²) in [5.41, 5.74) is 3.74. The highest BCUT2D eigenvalue weighted by Gasteiger charge is 2.27. The zero-order valence-corrected chi connectivity index (χ0v) is 12.6. The van der Waals surface area contributed by atoms with Gasteiger partial charge in [-0.25, -0.2) is 4.79 Å². The van der Waals surface area contributed by atoms with Crippen molar-refractivity contribution in [2.24, 2.45) is 0 Å². The second-order valence-electron chi connectivity index (χ2n) is 3.28. The Morgan fingerprint density at radius 1 is 1.12 bits per heavy atom. The minimum Gasteiger partial charge on any atom is -0.457 e. The molecule has 2 aromatic heterocycles. The summed E-state index contributed by atoms with van der Waals surface area (Å²) in [6.07, 6.45) is 0. The molecule has 0 radical (unpaired) electrons. The molecule has 0 saturated carbocycles. The van der Waals surface area contributed by atoms with Crippen molar-refractivity contribution in [3.63, 3.8) is 0 Å². The summed E-state index contributed by atoms with van der Waals surface area (Å²) in [6, 6.07) is 0. The number of thiophene rings is 2. The molecule has 16 heavy (non-hydrogen) atoms. The number of rotatable bonds is 0. The highest BCUT2D eigenvalue weighted by Crippen LogP contribution is 2.46. The molecule has 2 nitrogen and oxygen atoms in total. The molecule has 2 aromatic rings. The summed E-state index contributed by atoms with van der Waals surface area (Å²) in [4.78, 5) is 11.7. The standard InChI is InChI=1S/C10H4Br2O2S2/c11-8-6-4(2-15-8)1-14-10(13)5-3-16-9(12)7(5)6/h2-3H,1H2. The molecule has 0 bridgehead atoms. The highest BCUT2D eigenvalue weighted by molar-refractivity contribution is 9.11. The number of halogens is 2. The van der Waals surface area contributed by atoms with E-state index in [-0.39, 0.29) is 5.97 Å². The van der Waals surface area contributed by atoms with Crippen LogP contribution in [0.5, 0.6) is 0 Å². The first kappa shape index (κ1) is 11.0. The Morgan fingerprint density at radius 2 is 1.81 bits per heavy atom. The van der Waals surface area contributed by atoms with Crippen molar-refractivity contribution in [2.45, 2.75) is 6.61 Å². The Bertz CT molecular complexity index is 586. The molecule has 0 amide bonds. The van der Waals surface area contributed by atoms with Crippen LogP contribution in [-0.4, -0.2) is 5.97 Å². The van der Waals surface area contributed by atoms with Crippen molar-refractivity contribution in [1.82, 2.24) is 0 Å². The fourth-order valence-corrected chi connectivity index (χ4v) is 4.64. The number of carbonyl (C=O) groups is 1. The van der Waals surface area contributed by atoms with E-state index in [4.69, 9.17) is 4.74 Å². The number of cyclic esters (lactones) is 1. The molecule has 3 rings (SSSR count). The molecule has 0 saturated heterocycles. The maximum Gasteiger partial charge on any atom is 0.339 e. The summed E-state index contributed by atoms with van der Waals surface area (Å²) in [7, 11) is 0. The SMILES string of the molecule is O=C1OCc2csc(Br)c2-c2c1csc2Br. The second-order valence-corrected chi connectivity index (χ2v) is 7.68. The minimum atomic E-state index is -0.245. The van der Waals surface area contributed by atoms with Crippen LogP contribution in [0, 0.1) is 0 Å². The lowest BCUT2D eigenvalue weighted by Gasteiger charge is -1.99.